The molecule has 0 spiro atoms. The van der Waals surface area contributed by atoms with E-state index in [1.165, 1.54) is 0 Å². The van der Waals surface area contributed by atoms with Crippen LogP contribution >= 0.6 is 0 Å². The van der Waals surface area contributed by atoms with Crippen molar-refractivity contribution in [3.8, 4) is 0 Å². The normalized spacial score (nSPS) is 12.8. The average molecular weight is 283 g/mol. The summed E-state index contributed by atoms with van der Waals surface area (Å²) in [6.45, 7) is 5.63. The van der Waals surface area contributed by atoms with Crippen LogP contribution in [0.25, 0.3) is 0 Å². The van der Waals surface area contributed by atoms with E-state index in [1.54, 1.807) is 0 Å². The van der Waals surface area contributed by atoms with Crippen molar-refractivity contribution in [3.63, 3.8) is 0 Å². The van der Waals surface area contributed by atoms with E-state index in [4.69, 9.17) is 10.8 Å². The second-order valence-electron chi connectivity index (χ2n) is 5.29. The number of rotatable bonds is 5. The lowest BCUT2D eigenvalue weighted by molar-refractivity contribution is -0.140. The lowest BCUT2D eigenvalue weighted by Gasteiger charge is -2.13. The number of carboxylic acid groups (broad SMARTS) is 1. The number of primary amides is 1. The molecule has 0 aliphatic heterocycles. The number of nitrogens with two attached hydrogens (primary N) is 1. The van der Waals surface area contributed by atoms with Gasteiger partial charge in [-0.25, -0.2) is 9.78 Å². The Balaban J connectivity index is 2.82. The van der Waals surface area contributed by atoms with Gasteiger partial charge in [0.2, 0.25) is 11.7 Å². The minimum absolute atomic E-state index is 0.189. The highest BCUT2D eigenvalue weighted by Crippen LogP contribution is 2.17. The van der Waals surface area contributed by atoms with E-state index in [0.29, 0.717) is 5.82 Å². The zero-order chi connectivity index (χ0) is 15.5. The summed E-state index contributed by atoms with van der Waals surface area (Å²) in [7, 11) is 0. The molecule has 5 N–H and O–H groups in total. The molecular formula is C11H17N5O4. The first-order chi connectivity index (χ1) is 9.11. The predicted molar refractivity (Wildman–Crippen MR) is 67.8 cm³/mol. The molecule has 0 saturated heterocycles. The smallest absolute Gasteiger partial charge is 0.326 e. The van der Waals surface area contributed by atoms with Crippen LogP contribution in [-0.4, -0.2) is 44.1 Å². The summed E-state index contributed by atoms with van der Waals surface area (Å²) >= 11 is 0. The molecule has 20 heavy (non-hydrogen) atoms. The van der Waals surface area contributed by atoms with Crippen molar-refractivity contribution in [1.82, 2.24) is 20.5 Å². The number of aromatic nitrogens is 3. The van der Waals surface area contributed by atoms with Gasteiger partial charge in [0, 0.05) is 5.41 Å². The van der Waals surface area contributed by atoms with Crippen molar-refractivity contribution >= 4 is 17.8 Å². The number of carbonyl (C=O) groups excluding carboxylic acids is 2. The summed E-state index contributed by atoms with van der Waals surface area (Å²) in [5.74, 6) is -2.67. The number of aromatic amines is 1. The van der Waals surface area contributed by atoms with Gasteiger partial charge in [-0.05, 0) is 0 Å². The third-order valence-corrected chi connectivity index (χ3v) is 2.41. The van der Waals surface area contributed by atoms with Gasteiger partial charge in [0.1, 0.15) is 11.9 Å². The standard InChI is InChI=1S/C11H17N5O4/c1-11(2,3)10-14-7(15-16-10)8(18)13-5(9(19)20)4-6(12)17/h5H,4H2,1-3H3,(H2,12,17)(H,13,18)(H,19,20)(H,14,15,16)/t5-/m1/s1. The van der Waals surface area contributed by atoms with Gasteiger partial charge in [-0.2, -0.15) is 0 Å². The van der Waals surface area contributed by atoms with Crippen LogP contribution in [0, 0.1) is 0 Å². The molecule has 9 nitrogen and oxygen atoms in total. The zero-order valence-corrected chi connectivity index (χ0v) is 11.4. The quantitative estimate of drug-likeness (QED) is 0.553. The van der Waals surface area contributed by atoms with Crippen LogP contribution in [0.15, 0.2) is 0 Å². The van der Waals surface area contributed by atoms with E-state index in [2.05, 4.69) is 20.5 Å². The number of carbonyl (C=O) groups is 3. The van der Waals surface area contributed by atoms with Gasteiger partial charge >= 0.3 is 5.97 Å². The maximum Gasteiger partial charge on any atom is 0.326 e. The lowest BCUT2D eigenvalue weighted by Crippen LogP contribution is -2.43. The number of aliphatic carboxylic acids is 1. The summed E-state index contributed by atoms with van der Waals surface area (Å²) in [6, 6.07) is -1.41. The van der Waals surface area contributed by atoms with E-state index in [0.717, 1.165) is 0 Å². The first-order valence-electron chi connectivity index (χ1n) is 5.86. The molecule has 0 aliphatic rings. The molecule has 0 aromatic carbocycles. The highest BCUT2D eigenvalue weighted by molar-refractivity contribution is 5.94. The molecule has 0 bridgehead atoms. The Morgan fingerprint density at radius 2 is 2.00 bits per heavy atom. The van der Waals surface area contributed by atoms with Crippen molar-refractivity contribution in [3.05, 3.63) is 11.6 Å². The fourth-order valence-corrected chi connectivity index (χ4v) is 1.32. The monoisotopic (exact) mass is 283 g/mol. The minimum Gasteiger partial charge on any atom is -0.480 e. The number of hydrogen-bond acceptors (Lipinski definition) is 5. The molecule has 2 amide bonds. The fraction of sp³-hybridized carbons (Fsp3) is 0.545. The van der Waals surface area contributed by atoms with Gasteiger partial charge in [-0.3, -0.25) is 14.7 Å². The van der Waals surface area contributed by atoms with Crippen molar-refractivity contribution in [2.45, 2.75) is 38.6 Å². The molecule has 9 heteroatoms. The van der Waals surface area contributed by atoms with Gasteiger partial charge in [0.15, 0.2) is 0 Å². The number of nitrogens with one attached hydrogen (secondary N) is 2. The summed E-state index contributed by atoms with van der Waals surface area (Å²) < 4.78 is 0. The second kappa shape index (κ2) is 5.68. The predicted octanol–water partition coefficient (Wildman–Crippen LogP) is -0.839. The van der Waals surface area contributed by atoms with Crippen molar-refractivity contribution in [2.24, 2.45) is 5.73 Å². The molecule has 1 aromatic rings. The van der Waals surface area contributed by atoms with Gasteiger partial charge in [0.25, 0.3) is 5.91 Å². The molecule has 1 heterocycles. The van der Waals surface area contributed by atoms with Crippen LogP contribution in [0.1, 0.15) is 43.6 Å². The Morgan fingerprint density at radius 3 is 2.40 bits per heavy atom. The van der Waals surface area contributed by atoms with E-state index in [9.17, 15) is 14.4 Å². The first kappa shape index (κ1) is 15.6. The van der Waals surface area contributed by atoms with Crippen LogP contribution in [0.5, 0.6) is 0 Å². The largest absolute Gasteiger partial charge is 0.480 e. The Kier molecular flexibility index (Phi) is 4.43. The molecule has 0 unspecified atom stereocenters. The Morgan fingerprint density at radius 1 is 1.40 bits per heavy atom. The molecular weight excluding hydrogens is 266 g/mol. The number of H-pyrrole nitrogens is 1. The second-order valence-corrected chi connectivity index (χ2v) is 5.29. The van der Waals surface area contributed by atoms with E-state index in [-0.39, 0.29) is 11.2 Å². The molecule has 1 atom stereocenters. The summed E-state index contributed by atoms with van der Waals surface area (Å²) in [5, 5.41) is 17.4. The van der Waals surface area contributed by atoms with Crippen molar-refractivity contribution < 1.29 is 19.5 Å². The SMILES string of the molecule is CC(C)(C)c1nc(C(=O)N[C@H](CC(N)=O)C(=O)O)n[nH]1. The van der Waals surface area contributed by atoms with Crippen LogP contribution in [0.4, 0.5) is 0 Å². The Bertz CT molecular complexity index is 531. The van der Waals surface area contributed by atoms with Gasteiger partial charge in [-0.15, -0.1) is 5.10 Å². The zero-order valence-electron chi connectivity index (χ0n) is 11.4. The number of nitrogens with zero attached hydrogens (tertiary/aromatic N) is 2. The van der Waals surface area contributed by atoms with Crippen LogP contribution in [0.2, 0.25) is 0 Å². The van der Waals surface area contributed by atoms with Crippen LogP contribution in [-0.2, 0) is 15.0 Å². The topological polar surface area (TPSA) is 151 Å². The maximum atomic E-state index is 11.8. The van der Waals surface area contributed by atoms with Crippen LogP contribution in [0.3, 0.4) is 0 Å². The Labute approximate surface area is 115 Å². The lowest BCUT2D eigenvalue weighted by atomic mass is 9.96. The fourth-order valence-electron chi connectivity index (χ4n) is 1.32. The first-order valence-corrected chi connectivity index (χ1v) is 5.86. The van der Waals surface area contributed by atoms with Crippen molar-refractivity contribution in [2.75, 3.05) is 0 Å². The van der Waals surface area contributed by atoms with Crippen molar-refractivity contribution in [1.29, 1.82) is 0 Å². The van der Waals surface area contributed by atoms with Gasteiger partial charge in [0.05, 0.1) is 6.42 Å². The minimum atomic E-state index is -1.41. The molecule has 0 saturated carbocycles. The number of amides is 2. The highest BCUT2D eigenvalue weighted by atomic mass is 16.4. The molecule has 0 aliphatic carbocycles. The third-order valence-electron chi connectivity index (χ3n) is 2.41. The number of hydrogen-bond donors (Lipinski definition) is 4. The van der Waals surface area contributed by atoms with Gasteiger partial charge in [-0.1, -0.05) is 20.8 Å². The summed E-state index contributed by atoms with van der Waals surface area (Å²) in [5.41, 5.74) is 4.59. The van der Waals surface area contributed by atoms with Gasteiger partial charge < -0.3 is 16.2 Å². The van der Waals surface area contributed by atoms with Crippen LogP contribution < -0.4 is 11.1 Å². The third kappa shape index (κ3) is 4.04. The number of carboxylic acids is 1. The average Bonchev–Trinajstić information content (AvgIpc) is 2.75. The van der Waals surface area contributed by atoms with E-state index in [1.807, 2.05) is 20.8 Å². The maximum absolute atomic E-state index is 11.8. The van der Waals surface area contributed by atoms with E-state index < -0.39 is 30.2 Å². The molecule has 110 valence electrons. The highest BCUT2D eigenvalue weighted by Gasteiger charge is 2.26. The molecule has 1 aromatic heterocycles. The molecule has 1 rings (SSSR count). The summed E-state index contributed by atoms with van der Waals surface area (Å²) in [4.78, 5) is 37.4. The van der Waals surface area contributed by atoms with E-state index >= 15 is 0 Å². The Hall–Kier alpha value is -2.45. The molecule has 0 fully saturated rings. The molecule has 0 radical (unpaired) electrons. The summed E-state index contributed by atoms with van der Waals surface area (Å²) in [6.07, 6.45) is -0.502.